The van der Waals surface area contributed by atoms with Gasteiger partial charge in [0.25, 0.3) is 5.91 Å². The molecule has 1 saturated heterocycles. The zero-order valence-electron chi connectivity index (χ0n) is 9.09. The Morgan fingerprint density at radius 3 is 2.71 bits per heavy atom. The molecular weight excluding hydrogens is 218 g/mol. The van der Waals surface area contributed by atoms with Gasteiger partial charge < -0.3 is 0 Å². The number of hydrogen-bond acceptors (Lipinski definition) is 4. The fourth-order valence-electron chi connectivity index (χ4n) is 1.81. The Balaban J connectivity index is 2.18. The van der Waals surface area contributed by atoms with Crippen LogP contribution in [0.5, 0.6) is 0 Å². The van der Waals surface area contributed by atoms with Gasteiger partial charge in [-0.3, -0.25) is 14.9 Å². The van der Waals surface area contributed by atoms with Gasteiger partial charge in [0.2, 0.25) is 5.91 Å². The molecule has 2 rings (SSSR count). The SMILES string of the molecule is N#CCN[C@@H]1CC(=O)N(c2ccccc2)C1=O. The first kappa shape index (κ1) is 11.3. The number of carbonyl (C=O) groups excluding carboxylic acids is 2. The van der Waals surface area contributed by atoms with Crippen molar-refractivity contribution in [3.05, 3.63) is 30.3 Å². The van der Waals surface area contributed by atoms with Gasteiger partial charge in [-0.2, -0.15) is 5.26 Å². The van der Waals surface area contributed by atoms with Crippen molar-refractivity contribution < 1.29 is 9.59 Å². The molecular formula is C12H11N3O2. The second-order valence-corrected chi connectivity index (χ2v) is 3.70. The first-order valence-corrected chi connectivity index (χ1v) is 5.26. The van der Waals surface area contributed by atoms with E-state index in [9.17, 15) is 9.59 Å². The zero-order valence-corrected chi connectivity index (χ0v) is 9.09. The summed E-state index contributed by atoms with van der Waals surface area (Å²) in [6, 6.07) is 10.1. The van der Waals surface area contributed by atoms with Gasteiger partial charge in [0.1, 0.15) is 0 Å². The van der Waals surface area contributed by atoms with Crippen LogP contribution in [-0.4, -0.2) is 24.4 Å². The Morgan fingerprint density at radius 2 is 2.06 bits per heavy atom. The van der Waals surface area contributed by atoms with E-state index in [0.717, 1.165) is 4.90 Å². The van der Waals surface area contributed by atoms with Crippen molar-refractivity contribution in [3.63, 3.8) is 0 Å². The van der Waals surface area contributed by atoms with Crippen LogP contribution in [0.4, 0.5) is 5.69 Å². The van der Waals surface area contributed by atoms with Crippen molar-refractivity contribution in [2.24, 2.45) is 0 Å². The van der Waals surface area contributed by atoms with Crippen LogP contribution in [0.1, 0.15) is 6.42 Å². The van der Waals surface area contributed by atoms with Gasteiger partial charge in [0.15, 0.2) is 0 Å². The largest absolute Gasteiger partial charge is 0.293 e. The molecule has 1 aliphatic rings. The van der Waals surface area contributed by atoms with E-state index in [1.54, 1.807) is 24.3 Å². The van der Waals surface area contributed by atoms with Crippen LogP contribution in [0, 0.1) is 11.3 Å². The number of para-hydroxylation sites is 1. The van der Waals surface area contributed by atoms with Gasteiger partial charge in [-0.1, -0.05) is 18.2 Å². The van der Waals surface area contributed by atoms with Crippen molar-refractivity contribution in [3.8, 4) is 6.07 Å². The molecule has 17 heavy (non-hydrogen) atoms. The summed E-state index contributed by atoms with van der Waals surface area (Å²) in [7, 11) is 0. The number of hydrogen-bond donors (Lipinski definition) is 1. The number of imide groups is 1. The molecule has 0 spiro atoms. The molecule has 0 aliphatic carbocycles. The number of amides is 2. The van der Waals surface area contributed by atoms with E-state index in [1.165, 1.54) is 0 Å². The van der Waals surface area contributed by atoms with Crippen LogP contribution in [0.2, 0.25) is 0 Å². The average molecular weight is 229 g/mol. The minimum Gasteiger partial charge on any atom is -0.293 e. The Hall–Kier alpha value is -2.19. The number of benzene rings is 1. The Labute approximate surface area is 98.6 Å². The number of nitrogens with zero attached hydrogens (tertiary/aromatic N) is 2. The molecule has 5 heteroatoms. The van der Waals surface area contributed by atoms with Gasteiger partial charge in [-0.05, 0) is 12.1 Å². The molecule has 0 bridgehead atoms. The molecule has 0 unspecified atom stereocenters. The van der Waals surface area contributed by atoms with Crippen LogP contribution >= 0.6 is 0 Å². The van der Waals surface area contributed by atoms with Crippen molar-refractivity contribution in [1.82, 2.24) is 5.32 Å². The number of carbonyl (C=O) groups is 2. The van der Waals surface area contributed by atoms with E-state index >= 15 is 0 Å². The Morgan fingerprint density at radius 1 is 1.35 bits per heavy atom. The molecule has 0 radical (unpaired) electrons. The molecule has 1 heterocycles. The van der Waals surface area contributed by atoms with Gasteiger partial charge in [0, 0.05) is 0 Å². The predicted octanol–water partition coefficient (Wildman–Crippen LogP) is 0.432. The van der Waals surface area contributed by atoms with E-state index in [-0.39, 0.29) is 24.8 Å². The van der Waals surface area contributed by atoms with Crippen molar-refractivity contribution >= 4 is 17.5 Å². The quantitative estimate of drug-likeness (QED) is 0.602. The number of rotatable bonds is 3. The minimum atomic E-state index is -0.581. The Kier molecular flexibility index (Phi) is 3.17. The maximum Gasteiger partial charge on any atom is 0.251 e. The lowest BCUT2D eigenvalue weighted by Gasteiger charge is -2.14. The number of nitrogens with one attached hydrogen (secondary N) is 1. The summed E-state index contributed by atoms with van der Waals surface area (Å²) in [4.78, 5) is 24.9. The van der Waals surface area contributed by atoms with Gasteiger partial charge in [0.05, 0.1) is 30.8 Å². The normalized spacial score (nSPS) is 19.5. The summed E-state index contributed by atoms with van der Waals surface area (Å²) in [6.45, 7) is 0.0618. The van der Waals surface area contributed by atoms with Crippen LogP contribution in [0.3, 0.4) is 0 Å². The molecule has 86 valence electrons. The number of anilines is 1. The molecule has 2 amide bonds. The van der Waals surface area contributed by atoms with Crippen LogP contribution in [0.25, 0.3) is 0 Å². The van der Waals surface area contributed by atoms with Gasteiger partial charge in [-0.15, -0.1) is 0 Å². The van der Waals surface area contributed by atoms with Crippen molar-refractivity contribution in [1.29, 1.82) is 5.26 Å². The van der Waals surface area contributed by atoms with Crippen LogP contribution in [0.15, 0.2) is 30.3 Å². The summed E-state index contributed by atoms with van der Waals surface area (Å²) >= 11 is 0. The molecule has 1 aliphatic heterocycles. The summed E-state index contributed by atoms with van der Waals surface area (Å²) in [5.74, 6) is -0.534. The molecule has 0 saturated carbocycles. The fraction of sp³-hybridized carbons (Fsp3) is 0.250. The zero-order chi connectivity index (χ0) is 12.3. The average Bonchev–Trinajstić information content (AvgIpc) is 2.63. The highest BCUT2D eigenvalue weighted by molar-refractivity contribution is 6.22. The highest BCUT2D eigenvalue weighted by atomic mass is 16.2. The van der Waals surface area contributed by atoms with E-state index in [0.29, 0.717) is 5.69 Å². The third-order valence-corrected chi connectivity index (χ3v) is 2.59. The first-order valence-electron chi connectivity index (χ1n) is 5.26. The van der Waals surface area contributed by atoms with Crippen LogP contribution < -0.4 is 10.2 Å². The summed E-state index contributed by atoms with van der Waals surface area (Å²) < 4.78 is 0. The highest BCUT2D eigenvalue weighted by Crippen LogP contribution is 2.22. The van der Waals surface area contributed by atoms with E-state index in [2.05, 4.69) is 5.32 Å². The monoisotopic (exact) mass is 229 g/mol. The van der Waals surface area contributed by atoms with E-state index in [1.807, 2.05) is 12.1 Å². The molecule has 1 aromatic rings. The van der Waals surface area contributed by atoms with Crippen molar-refractivity contribution in [2.45, 2.75) is 12.5 Å². The Bertz CT molecular complexity index is 478. The van der Waals surface area contributed by atoms with Gasteiger partial charge in [-0.25, -0.2) is 4.90 Å². The summed E-state index contributed by atoms with van der Waals surface area (Å²) in [5.41, 5.74) is 0.573. The lowest BCUT2D eigenvalue weighted by Crippen LogP contribution is -2.38. The first-order chi connectivity index (χ1) is 8.24. The smallest absolute Gasteiger partial charge is 0.251 e. The fourth-order valence-corrected chi connectivity index (χ4v) is 1.81. The molecule has 1 fully saturated rings. The minimum absolute atomic E-state index is 0.0618. The maximum absolute atomic E-state index is 12.0. The molecule has 1 aromatic carbocycles. The molecule has 1 atom stereocenters. The highest BCUT2D eigenvalue weighted by Gasteiger charge is 2.38. The third-order valence-electron chi connectivity index (χ3n) is 2.59. The lowest BCUT2D eigenvalue weighted by molar-refractivity contribution is -0.121. The lowest BCUT2D eigenvalue weighted by atomic mass is 10.2. The van der Waals surface area contributed by atoms with E-state index < -0.39 is 6.04 Å². The third kappa shape index (κ3) is 2.17. The second kappa shape index (κ2) is 4.76. The van der Waals surface area contributed by atoms with Gasteiger partial charge >= 0.3 is 0 Å². The molecule has 5 nitrogen and oxygen atoms in total. The number of nitriles is 1. The predicted molar refractivity (Wildman–Crippen MR) is 61.0 cm³/mol. The molecule has 0 aromatic heterocycles. The standard InChI is InChI=1S/C12H11N3O2/c13-6-7-14-10-8-11(16)15(12(10)17)9-4-2-1-3-5-9/h1-5,10,14H,7-8H2/t10-/m1/s1. The summed E-state index contributed by atoms with van der Waals surface area (Å²) in [5, 5.41) is 11.2. The van der Waals surface area contributed by atoms with E-state index in [4.69, 9.17) is 5.26 Å². The maximum atomic E-state index is 12.0. The summed E-state index contributed by atoms with van der Waals surface area (Å²) in [6.07, 6.45) is 0.107. The molecule has 1 N–H and O–H groups in total. The topological polar surface area (TPSA) is 73.2 Å². The van der Waals surface area contributed by atoms with Crippen LogP contribution in [-0.2, 0) is 9.59 Å². The van der Waals surface area contributed by atoms with Crippen molar-refractivity contribution in [2.75, 3.05) is 11.4 Å². The second-order valence-electron chi connectivity index (χ2n) is 3.70.